The number of benzene rings is 1. The van der Waals surface area contributed by atoms with E-state index in [1.807, 2.05) is 44.4 Å². The molecule has 106 valence electrons. The quantitative estimate of drug-likeness (QED) is 0.625. The summed E-state index contributed by atoms with van der Waals surface area (Å²) in [6.45, 7) is 0. The zero-order valence-corrected chi connectivity index (χ0v) is 13.2. The normalized spacial score (nSPS) is 11.1. The molecular weight excluding hydrogens is 304 g/mol. The lowest BCUT2D eigenvalue weighted by atomic mass is 10.3. The maximum Gasteiger partial charge on any atom is 0.137 e. The summed E-state index contributed by atoms with van der Waals surface area (Å²) in [7, 11) is 3.73. The summed E-state index contributed by atoms with van der Waals surface area (Å²) in [5, 5.41) is 10.2. The van der Waals surface area contributed by atoms with E-state index in [0.29, 0.717) is 15.6 Å². The zero-order valence-electron chi connectivity index (χ0n) is 11.6. The molecule has 6 heteroatoms. The molecule has 0 amide bonds. The fourth-order valence-electron chi connectivity index (χ4n) is 1.50. The van der Waals surface area contributed by atoms with E-state index in [2.05, 4.69) is 16.1 Å². The van der Waals surface area contributed by atoms with E-state index in [-0.39, 0.29) is 0 Å². The summed E-state index contributed by atoms with van der Waals surface area (Å²) in [5.74, 6) is 0. The van der Waals surface area contributed by atoms with Crippen LogP contribution in [-0.4, -0.2) is 31.5 Å². The molecule has 2 aromatic rings. The highest BCUT2D eigenvalue weighted by atomic mass is 35.5. The van der Waals surface area contributed by atoms with Crippen LogP contribution in [0.4, 0.5) is 10.7 Å². The summed E-state index contributed by atoms with van der Waals surface area (Å²) in [5.41, 5.74) is 1.22. The van der Waals surface area contributed by atoms with Crippen LogP contribution in [-0.2, 0) is 0 Å². The minimum Gasteiger partial charge on any atom is -0.369 e. The average molecular weight is 317 g/mol. The largest absolute Gasteiger partial charge is 0.369 e. The molecule has 2 rings (SSSR count). The summed E-state index contributed by atoms with van der Waals surface area (Å²) >= 11 is 7.56. The molecule has 21 heavy (non-hydrogen) atoms. The zero-order chi connectivity index (χ0) is 15.2. The third kappa shape index (κ3) is 3.91. The van der Waals surface area contributed by atoms with E-state index in [1.54, 1.807) is 17.5 Å². The molecule has 0 aliphatic heterocycles. The first-order valence-corrected chi connectivity index (χ1v) is 7.33. The van der Waals surface area contributed by atoms with Crippen LogP contribution in [0, 0.1) is 11.3 Å². The van der Waals surface area contributed by atoms with Gasteiger partial charge in [-0.15, -0.1) is 11.3 Å². The molecule has 0 atom stereocenters. The van der Waals surface area contributed by atoms with Crippen molar-refractivity contribution in [2.45, 2.75) is 0 Å². The van der Waals surface area contributed by atoms with Crippen LogP contribution in [0.25, 0.3) is 0 Å². The number of nitrogens with zero attached hydrogens (tertiary/aromatic N) is 4. The minimum atomic E-state index is 0.384. The maximum absolute atomic E-state index is 9.20. The molecule has 4 nitrogen and oxygen atoms in total. The lowest BCUT2D eigenvalue weighted by molar-refractivity contribution is 0.643. The second-order valence-corrected chi connectivity index (χ2v) is 5.78. The van der Waals surface area contributed by atoms with Gasteiger partial charge in [-0.1, -0.05) is 29.8 Å². The first kappa shape index (κ1) is 15.2. The Morgan fingerprint density at radius 3 is 2.57 bits per heavy atom. The molecule has 0 unspecified atom stereocenters. The van der Waals surface area contributed by atoms with E-state index < -0.39 is 0 Å². The number of hydrogen-bond donors (Lipinski definition) is 0. The summed E-state index contributed by atoms with van der Waals surface area (Å²) < 4.78 is 0. The Morgan fingerprint density at radius 1 is 1.24 bits per heavy atom. The second-order valence-electron chi connectivity index (χ2n) is 4.37. The van der Waals surface area contributed by atoms with Crippen molar-refractivity contribution in [1.29, 1.82) is 5.26 Å². The number of aliphatic imine (C=N–C) groups is 2. The van der Waals surface area contributed by atoms with Gasteiger partial charge in [0.15, 0.2) is 0 Å². The van der Waals surface area contributed by atoms with Gasteiger partial charge in [0, 0.05) is 20.3 Å². The SMILES string of the molecule is CN(C)C=Nc1sc(C=Nc2ccccc2)c(Cl)c1C#N. The number of nitriles is 1. The fraction of sp³-hybridized carbons (Fsp3) is 0.133. The van der Waals surface area contributed by atoms with E-state index in [0.717, 1.165) is 10.6 Å². The van der Waals surface area contributed by atoms with Crippen molar-refractivity contribution in [2.75, 3.05) is 14.1 Å². The molecule has 0 saturated heterocycles. The van der Waals surface area contributed by atoms with Gasteiger partial charge in [-0.05, 0) is 12.1 Å². The Balaban J connectivity index is 2.33. The lowest BCUT2D eigenvalue weighted by Crippen LogP contribution is -2.06. The fourth-order valence-corrected chi connectivity index (χ4v) is 2.71. The number of para-hydroxylation sites is 1. The van der Waals surface area contributed by atoms with Gasteiger partial charge in [0.25, 0.3) is 0 Å². The number of halogens is 1. The summed E-state index contributed by atoms with van der Waals surface area (Å²) in [4.78, 5) is 11.1. The Labute approximate surface area is 132 Å². The molecule has 0 spiro atoms. The van der Waals surface area contributed by atoms with Crippen LogP contribution >= 0.6 is 22.9 Å². The number of thiophene rings is 1. The van der Waals surface area contributed by atoms with Crippen LogP contribution in [0.5, 0.6) is 0 Å². The van der Waals surface area contributed by atoms with Gasteiger partial charge < -0.3 is 4.90 Å². The molecule has 1 aromatic heterocycles. The minimum absolute atomic E-state index is 0.384. The van der Waals surface area contributed by atoms with Gasteiger partial charge in [0.1, 0.15) is 16.6 Å². The predicted molar refractivity (Wildman–Crippen MR) is 89.6 cm³/mol. The van der Waals surface area contributed by atoms with E-state index >= 15 is 0 Å². The Morgan fingerprint density at radius 2 is 1.95 bits per heavy atom. The average Bonchev–Trinajstić information content (AvgIpc) is 2.79. The first-order valence-electron chi connectivity index (χ1n) is 6.14. The van der Waals surface area contributed by atoms with Crippen molar-refractivity contribution in [3.8, 4) is 6.07 Å². The highest BCUT2D eigenvalue weighted by Crippen LogP contribution is 2.37. The molecule has 0 bridgehead atoms. The number of rotatable bonds is 4. The molecule has 0 N–H and O–H groups in total. The van der Waals surface area contributed by atoms with Crippen molar-refractivity contribution in [1.82, 2.24) is 4.90 Å². The molecule has 1 aromatic carbocycles. The van der Waals surface area contributed by atoms with Crippen molar-refractivity contribution >= 4 is 46.2 Å². The highest BCUT2D eigenvalue weighted by Gasteiger charge is 2.14. The molecule has 0 fully saturated rings. The van der Waals surface area contributed by atoms with E-state index in [9.17, 15) is 5.26 Å². The smallest absolute Gasteiger partial charge is 0.137 e. The van der Waals surface area contributed by atoms with Crippen LogP contribution < -0.4 is 0 Å². The Kier molecular flexibility index (Phi) is 5.09. The molecule has 0 aliphatic rings. The molecular formula is C15H13ClN4S. The van der Waals surface area contributed by atoms with Gasteiger partial charge in [0.2, 0.25) is 0 Å². The molecule has 0 radical (unpaired) electrons. The van der Waals surface area contributed by atoms with Crippen molar-refractivity contribution in [2.24, 2.45) is 9.98 Å². The van der Waals surface area contributed by atoms with Crippen LogP contribution in [0.1, 0.15) is 10.4 Å². The van der Waals surface area contributed by atoms with E-state index in [1.165, 1.54) is 11.3 Å². The van der Waals surface area contributed by atoms with Crippen molar-refractivity contribution in [3.05, 3.63) is 45.8 Å². The van der Waals surface area contributed by atoms with Gasteiger partial charge in [-0.25, -0.2) is 4.99 Å². The first-order chi connectivity index (χ1) is 10.1. The Hall–Kier alpha value is -2.16. The van der Waals surface area contributed by atoms with Gasteiger partial charge >= 0.3 is 0 Å². The van der Waals surface area contributed by atoms with Crippen molar-refractivity contribution in [3.63, 3.8) is 0 Å². The van der Waals surface area contributed by atoms with Crippen LogP contribution in [0.2, 0.25) is 5.02 Å². The number of hydrogen-bond acceptors (Lipinski definition) is 4. The summed E-state index contributed by atoms with van der Waals surface area (Å²) in [6.07, 6.45) is 3.30. The maximum atomic E-state index is 9.20. The third-order valence-electron chi connectivity index (χ3n) is 2.46. The predicted octanol–water partition coefficient (Wildman–Crippen LogP) is 4.25. The molecule has 0 saturated carbocycles. The highest BCUT2D eigenvalue weighted by molar-refractivity contribution is 7.18. The Bertz CT molecular complexity index is 711. The van der Waals surface area contributed by atoms with Gasteiger partial charge in [-0.2, -0.15) is 5.26 Å². The summed E-state index contributed by atoms with van der Waals surface area (Å²) in [6, 6.07) is 11.6. The monoisotopic (exact) mass is 316 g/mol. The van der Waals surface area contributed by atoms with Crippen LogP contribution in [0.3, 0.4) is 0 Å². The second kappa shape index (κ2) is 7.02. The molecule has 1 heterocycles. The van der Waals surface area contributed by atoms with E-state index in [4.69, 9.17) is 11.6 Å². The third-order valence-corrected chi connectivity index (χ3v) is 4.00. The molecule has 0 aliphatic carbocycles. The van der Waals surface area contributed by atoms with Gasteiger partial charge in [0.05, 0.1) is 21.9 Å². The standard InChI is InChI=1S/C15H13ClN4S/c1-20(2)10-19-15-12(8-17)14(16)13(21-15)9-18-11-6-4-3-5-7-11/h3-7,9-10H,1-2H3. The van der Waals surface area contributed by atoms with Gasteiger partial charge in [-0.3, -0.25) is 4.99 Å². The topological polar surface area (TPSA) is 51.8 Å². The van der Waals surface area contributed by atoms with Crippen molar-refractivity contribution < 1.29 is 0 Å². The van der Waals surface area contributed by atoms with Crippen LogP contribution in [0.15, 0.2) is 40.3 Å². The lowest BCUT2D eigenvalue weighted by Gasteiger charge is -2.00.